The molecular weight excluding hydrogens is 537 g/mol. The van der Waals surface area contributed by atoms with Crippen molar-refractivity contribution in [3.05, 3.63) is 58.1 Å². The molecule has 3 rings (SSSR count). The Balaban J connectivity index is 1.88. The molecule has 2 aromatic carbocycles. The number of amides is 2. The van der Waals surface area contributed by atoms with Gasteiger partial charge in [0.05, 0.1) is 24.1 Å². The number of halogens is 2. The molecule has 0 bridgehead atoms. The van der Waals surface area contributed by atoms with Gasteiger partial charge in [-0.05, 0) is 55.7 Å². The topological polar surface area (TPSA) is 96.0 Å². The van der Waals surface area contributed by atoms with Crippen LogP contribution in [0.15, 0.2) is 42.5 Å². The number of carbonyl (C=O) groups excluding carboxylic acids is 2. The van der Waals surface area contributed by atoms with E-state index in [-0.39, 0.29) is 29.2 Å². The Morgan fingerprint density at radius 3 is 2.30 bits per heavy atom. The van der Waals surface area contributed by atoms with Crippen LogP contribution in [0.1, 0.15) is 44.6 Å². The van der Waals surface area contributed by atoms with E-state index in [1.54, 1.807) is 31.2 Å². The molecule has 8 nitrogen and oxygen atoms in total. The van der Waals surface area contributed by atoms with E-state index >= 15 is 0 Å². The number of rotatable bonds is 10. The predicted molar refractivity (Wildman–Crippen MR) is 147 cm³/mol. The van der Waals surface area contributed by atoms with Crippen LogP contribution in [-0.2, 0) is 26.2 Å². The second-order valence-electron chi connectivity index (χ2n) is 9.26. The van der Waals surface area contributed by atoms with Crippen LogP contribution in [0.4, 0.5) is 5.69 Å². The fourth-order valence-corrected chi connectivity index (χ4v) is 5.58. The largest absolute Gasteiger partial charge is 0.495 e. The Labute approximate surface area is 228 Å². The smallest absolute Gasteiger partial charge is 0.244 e. The van der Waals surface area contributed by atoms with Gasteiger partial charge in [0.1, 0.15) is 18.3 Å². The summed E-state index contributed by atoms with van der Waals surface area (Å²) < 4.78 is 31.5. The molecule has 1 fully saturated rings. The third kappa shape index (κ3) is 7.99. The molecule has 37 heavy (non-hydrogen) atoms. The number of ether oxygens (including phenoxy) is 1. The van der Waals surface area contributed by atoms with Crippen LogP contribution in [0.2, 0.25) is 10.0 Å². The van der Waals surface area contributed by atoms with Crippen molar-refractivity contribution in [1.29, 1.82) is 0 Å². The molecule has 202 valence electrons. The van der Waals surface area contributed by atoms with E-state index in [9.17, 15) is 18.0 Å². The number of methoxy groups -OCH3 is 1. The lowest BCUT2D eigenvalue weighted by molar-refractivity contribution is -0.139. The van der Waals surface area contributed by atoms with Gasteiger partial charge in [0, 0.05) is 17.6 Å². The highest BCUT2D eigenvalue weighted by Crippen LogP contribution is 2.30. The first-order chi connectivity index (χ1) is 17.5. The third-order valence-corrected chi connectivity index (χ3v) is 8.18. The average molecular weight is 571 g/mol. The average Bonchev–Trinajstić information content (AvgIpc) is 2.86. The van der Waals surface area contributed by atoms with Crippen molar-refractivity contribution in [2.24, 2.45) is 0 Å². The number of hydrogen-bond acceptors (Lipinski definition) is 5. The van der Waals surface area contributed by atoms with E-state index in [1.807, 2.05) is 0 Å². The maximum absolute atomic E-state index is 13.6. The first kappa shape index (κ1) is 29.1. The minimum absolute atomic E-state index is 0.0742. The maximum atomic E-state index is 13.6. The summed E-state index contributed by atoms with van der Waals surface area (Å²) in [5, 5.41) is 3.82. The molecule has 0 radical (unpaired) electrons. The zero-order valence-corrected chi connectivity index (χ0v) is 23.6. The molecule has 0 aliphatic heterocycles. The monoisotopic (exact) mass is 569 g/mol. The summed E-state index contributed by atoms with van der Waals surface area (Å²) in [6.45, 7) is 1.26. The Kier molecular flexibility index (Phi) is 10.1. The van der Waals surface area contributed by atoms with Gasteiger partial charge < -0.3 is 15.0 Å². The summed E-state index contributed by atoms with van der Waals surface area (Å²) in [6, 6.07) is 10.7. The zero-order valence-electron chi connectivity index (χ0n) is 21.2. The highest BCUT2D eigenvalue weighted by molar-refractivity contribution is 7.92. The summed E-state index contributed by atoms with van der Waals surface area (Å²) in [5.74, 6) is -0.422. The van der Waals surface area contributed by atoms with Crippen LogP contribution in [0.3, 0.4) is 0 Å². The van der Waals surface area contributed by atoms with Crippen LogP contribution in [-0.4, -0.2) is 57.1 Å². The van der Waals surface area contributed by atoms with Gasteiger partial charge in [-0.2, -0.15) is 0 Å². The van der Waals surface area contributed by atoms with Crippen LogP contribution in [0, 0.1) is 0 Å². The summed E-state index contributed by atoms with van der Waals surface area (Å²) in [6.07, 6.45) is 6.09. The molecule has 0 heterocycles. The van der Waals surface area contributed by atoms with E-state index < -0.39 is 28.5 Å². The van der Waals surface area contributed by atoms with Crippen LogP contribution < -0.4 is 14.4 Å². The molecule has 1 atom stereocenters. The minimum atomic E-state index is -3.86. The van der Waals surface area contributed by atoms with E-state index in [0.29, 0.717) is 10.8 Å². The first-order valence-corrected chi connectivity index (χ1v) is 14.8. The molecule has 2 aromatic rings. The fourth-order valence-electron chi connectivity index (χ4n) is 4.36. The van der Waals surface area contributed by atoms with Gasteiger partial charge >= 0.3 is 0 Å². The molecule has 1 aliphatic carbocycles. The number of nitrogens with one attached hydrogen (secondary N) is 1. The quantitative estimate of drug-likeness (QED) is 0.449. The van der Waals surface area contributed by atoms with Gasteiger partial charge in [-0.3, -0.25) is 13.9 Å². The lowest BCUT2D eigenvalue weighted by Gasteiger charge is -2.33. The van der Waals surface area contributed by atoms with Gasteiger partial charge in [-0.15, -0.1) is 0 Å². The fraction of sp³-hybridized carbons (Fsp3) is 0.462. The van der Waals surface area contributed by atoms with Gasteiger partial charge in [0.15, 0.2) is 0 Å². The standard InChI is InChI=1S/C26H33Cl2N3O5S/c1-18(26(33)29-21-7-5-4-6-8-21)30(16-19-9-11-20(27)12-10-19)25(32)17-31(37(3,34)35)22-13-14-24(36-2)23(28)15-22/h9-15,18,21H,4-8,16-17H2,1-3H3,(H,29,33). The molecule has 11 heteroatoms. The number of anilines is 1. The summed E-state index contributed by atoms with van der Waals surface area (Å²) in [4.78, 5) is 28.2. The van der Waals surface area contributed by atoms with Gasteiger partial charge in [-0.1, -0.05) is 54.6 Å². The predicted octanol–water partition coefficient (Wildman–Crippen LogP) is 4.63. The van der Waals surface area contributed by atoms with Crippen molar-refractivity contribution in [3.63, 3.8) is 0 Å². The number of sulfonamides is 1. The van der Waals surface area contributed by atoms with Crippen LogP contribution >= 0.6 is 23.2 Å². The second-order valence-corrected chi connectivity index (χ2v) is 12.0. The molecule has 0 aromatic heterocycles. The van der Waals surface area contributed by atoms with Gasteiger partial charge in [-0.25, -0.2) is 8.42 Å². The van der Waals surface area contributed by atoms with Crippen molar-refractivity contribution in [2.75, 3.05) is 24.2 Å². The van der Waals surface area contributed by atoms with Gasteiger partial charge in [0.2, 0.25) is 21.8 Å². The summed E-state index contributed by atoms with van der Waals surface area (Å²) in [5.41, 5.74) is 0.973. The lowest BCUT2D eigenvalue weighted by Crippen LogP contribution is -2.52. The van der Waals surface area contributed by atoms with Crippen LogP contribution in [0.25, 0.3) is 0 Å². The molecular formula is C26H33Cl2N3O5S. The Morgan fingerprint density at radius 1 is 1.08 bits per heavy atom. The number of carbonyl (C=O) groups is 2. The molecule has 2 amide bonds. The highest BCUT2D eigenvalue weighted by Gasteiger charge is 2.31. The molecule has 1 unspecified atom stereocenters. The highest BCUT2D eigenvalue weighted by atomic mass is 35.5. The Hall–Kier alpha value is -2.49. The second kappa shape index (κ2) is 12.8. The molecule has 1 saturated carbocycles. The van der Waals surface area contributed by atoms with Crippen molar-refractivity contribution >= 4 is 50.7 Å². The van der Waals surface area contributed by atoms with Gasteiger partial charge in [0.25, 0.3) is 0 Å². The van der Waals surface area contributed by atoms with E-state index in [0.717, 1.165) is 48.2 Å². The van der Waals surface area contributed by atoms with Crippen molar-refractivity contribution < 1.29 is 22.7 Å². The number of benzene rings is 2. The first-order valence-electron chi connectivity index (χ1n) is 12.1. The van der Waals surface area contributed by atoms with Crippen molar-refractivity contribution in [3.8, 4) is 5.75 Å². The van der Waals surface area contributed by atoms with Crippen LogP contribution in [0.5, 0.6) is 5.75 Å². The third-order valence-electron chi connectivity index (χ3n) is 6.49. The zero-order chi connectivity index (χ0) is 27.2. The Morgan fingerprint density at radius 2 is 1.73 bits per heavy atom. The van der Waals surface area contributed by atoms with Crippen molar-refractivity contribution in [2.45, 2.75) is 57.7 Å². The normalized spacial score (nSPS) is 15.1. The number of nitrogens with zero attached hydrogens (tertiary/aromatic N) is 2. The van der Waals surface area contributed by atoms with Crippen molar-refractivity contribution in [1.82, 2.24) is 10.2 Å². The van der Waals surface area contributed by atoms with E-state index in [1.165, 1.54) is 30.2 Å². The van der Waals surface area contributed by atoms with E-state index in [4.69, 9.17) is 27.9 Å². The molecule has 0 spiro atoms. The molecule has 0 saturated heterocycles. The lowest BCUT2D eigenvalue weighted by atomic mass is 9.95. The van der Waals surface area contributed by atoms with E-state index in [2.05, 4.69) is 5.32 Å². The Bertz CT molecular complexity index is 1200. The summed E-state index contributed by atoms with van der Waals surface area (Å²) in [7, 11) is -2.41. The minimum Gasteiger partial charge on any atom is -0.495 e. The SMILES string of the molecule is COc1ccc(N(CC(=O)N(Cc2ccc(Cl)cc2)C(C)C(=O)NC2CCCCC2)S(C)(=O)=O)cc1Cl. The maximum Gasteiger partial charge on any atom is 0.244 e. The molecule has 1 aliphatic rings. The number of hydrogen-bond donors (Lipinski definition) is 1. The summed E-state index contributed by atoms with van der Waals surface area (Å²) >= 11 is 12.2. The molecule has 1 N–H and O–H groups in total.